The van der Waals surface area contributed by atoms with E-state index in [1.54, 1.807) is 12.1 Å². The van der Waals surface area contributed by atoms with E-state index >= 15 is 0 Å². The number of hydrogen-bond donors (Lipinski definition) is 3. The van der Waals surface area contributed by atoms with Gasteiger partial charge in [0.15, 0.2) is 0 Å². The number of phenolic OH excluding ortho intramolecular Hbond substituents is 1. The summed E-state index contributed by atoms with van der Waals surface area (Å²) in [6.45, 7) is 2.22. The fourth-order valence-corrected chi connectivity index (χ4v) is 2.32. The van der Waals surface area contributed by atoms with Crippen LogP contribution < -0.4 is 15.4 Å². The van der Waals surface area contributed by atoms with Crippen molar-refractivity contribution >= 4 is 17.5 Å². The molecule has 0 radical (unpaired) electrons. The molecule has 2 amide bonds. The molecule has 0 aliphatic rings. The van der Waals surface area contributed by atoms with Crippen molar-refractivity contribution in [1.29, 1.82) is 0 Å². The Labute approximate surface area is 146 Å². The SMILES string of the molecule is CCCC(=O)Nc1cccc(CNC(=O)c2ccc(OC)cc2O)c1. The Bertz CT molecular complexity index is 759. The topological polar surface area (TPSA) is 87.7 Å². The first-order valence-corrected chi connectivity index (χ1v) is 8.07. The van der Waals surface area contributed by atoms with E-state index in [0.29, 0.717) is 17.9 Å². The van der Waals surface area contributed by atoms with Crippen LogP contribution in [0.2, 0.25) is 0 Å². The zero-order valence-corrected chi connectivity index (χ0v) is 14.3. The molecular weight excluding hydrogens is 320 g/mol. The van der Waals surface area contributed by atoms with E-state index in [4.69, 9.17) is 4.74 Å². The summed E-state index contributed by atoms with van der Waals surface area (Å²) in [5.74, 6) is -0.0885. The molecule has 0 aliphatic heterocycles. The van der Waals surface area contributed by atoms with Gasteiger partial charge in [-0.3, -0.25) is 9.59 Å². The third-order valence-corrected chi connectivity index (χ3v) is 3.59. The molecule has 0 aromatic heterocycles. The lowest BCUT2D eigenvalue weighted by molar-refractivity contribution is -0.116. The van der Waals surface area contributed by atoms with E-state index in [2.05, 4.69) is 10.6 Å². The first-order chi connectivity index (χ1) is 12.0. The summed E-state index contributed by atoms with van der Waals surface area (Å²) in [5.41, 5.74) is 1.71. The number of nitrogens with one attached hydrogen (secondary N) is 2. The number of benzene rings is 2. The van der Waals surface area contributed by atoms with Gasteiger partial charge in [0.2, 0.25) is 5.91 Å². The van der Waals surface area contributed by atoms with Crippen molar-refractivity contribution < 1.29 is 19.4 Å². The Morgan fingerprint density at radius 3 is 2.64 bits per heavy atom. The molecule has 3 N–H and O–H groups in total. The zero-order chi connectivity index (χ0) is 18.2. The van der Waals surface area contributed by atoms with Crippen LogP contribution in [0.1, 0.15) is 35.7 Å². The molecule has 0 saturated carbocycles. The smallest absolute Gasteiger partial charge is 0.255 e. The van der Waals surface area contributed by atoms with Gasteiger partial charge in [-0.2, -0.15) is 0 Å². The number of carbonyl (C=O) groups is 2. The zero-order valence-electron chi connectivity index (χ0n) is 14.3. The minimum atomic E-state index is -0.388. The molecule has 132 valence electrons. The van der Waals surface area contributed by atoms with E-state index in [0.717, 1.165) is 12.0 Å². The third-order valence-electron chi connectivity index (χ3n) is 3.59. The first-order valence-electron chi connectivity index (χ1n) is 8.07. The van der Waals surface area contributed by atoms with Gasteiger partial charge in [0, 0.05) is 24.7 Å². The summed E-state index contributed by atoms with van der Waals surface area (Å²) in [6, 6.07) is 11.8. The number of hydrogen-bond acceptors (Lipinski definition) is 4. The van der Waals surface area contributed by atoms with Crippen LogP contribution in [-0.2, 0) is 11.3 Å². The van der Waals surface area contributed by atoms with Crippen LogP contribution in [0.5, 0.6) is 11.5 Å². The predicted molar refractivity (Wildman–Crippen MR) is 95.8 cm³/mol. The van der Waals surface area contributed by atoms with Gasteiger partial charge in [-0.05, 0) is 36.2 Å². The number of rotatable bonds is 7. The van der Waals surface area contributed by atoms with Gasteiger partial charge in [-0.1, -0.05) is 19.1 Å². The van der Waals surface area contributed by atoms with Gasteiger partial charge >= 0.3 is 0 Å². The minimum Gasteiger partial charge on any atom is -0.507 e. The lowest BCUT2D eigenvalue weighted by atomic mass is 10.1. The van der Waals surface area contributed by atoms with E-state index < -0.39 is 0 Å². The second kappa shape index (κ2) is 8.73. The average molecular weight is 342 g/mol. The molecule has 2 aromatic rings. The second-order valence-electron chi connectivity index (χ2n) is 5.56. The molecule has 2 rings (SSSR count). The normalized spacial score (nSPS) is 10.2. The van der Waals surface area contributed by atoms with Crippen molar-refractivity contribution in [2.45, 2.75) is 26.3 Å². The number of anilines is 1. The van der Waals surface area contributed by atoms with E-state index in [1.807, 2.05) is 25.1 Å². The molecule has 0 fully saturated rings. The van der Waals surface area contributed by atoms with E-state index in [9.17, 15) is 14.7 Å². The Morgan fingerprint density at radius 2 is 1.96 bits per heavy atom. The van der Waals surface area contributed by atoms with Crippen molar-refractivity contribution in [1.82, 2.24) is 5.32 Å². The summed E-state index contributed by atoms with van der Waals surface area (Å²) in [4.78, 5) is 23.9. The van der Waals surface area contributed by atoms with Crippen LogP contribution in [0, 0.1) is 0 Å². The number of phenols is 1. The maximum absolute atomic E-state index is 12.2. The molecule has 0 spiro atoms. The highest BCUT2D eigenvalue weighted by molar-refractivity contribution is 5.97. The quantitative estimate of drug-likeness (QED) is 0.721. The standard InChI is InChI=1S/C19H22N2O4/c1-3-5-18(23)21-14-7-4-6-13(10-14)12-20-19(24)16-9-8-15(25-2)11-17(16)22/h4,6-11,22H,3,5,12H2,1-2H3,(H,20,24)(H,21,23). The predicted octanol–water partition coefficient (Wildman–Crippen LogP) is 3.07. The molecule has 2 aromatic carbocycles. The maximum Gasteiger partial charge on any atom is 0.255 e. The summed E-state index contributed by atoms with van der Waals surface area (Å²) in [6.07, 6.45) is 1.25. The van der Waals surface area contributed by atoms with Crippen LogP contribution in [-0.4, -0.2) is 24.0 Å². The van der Waals surface area contributed by atoms with Crippen LogP contribution in [0.25, 0.3) is 0 Å². The van der Waals surface area contributed by atoms with Crippen LogP contribution in [0.4, 0.5) is 5.69 Å². The van der Waals surface area contributed by atoms with Gasteiger partial charge < -0.3 is 20.5 Å². The molecule has 0 saturated heterocycles. The Balaban J connectivity index is 1.99. The van der Waals surface area contributed by atoms with Gasteiger partial charge in [-0.15, -0.1) is 0 Å². The third kappa shape index (κ3) is 5.24. The van der Waals surface area contributed by atoms with Crippen molar-refractivity contribution in [3.05, 3.63) is 53.6 Å². The molecule has 6 nitrogen and oxygen atoms in total. The summed E-state index contributed by atoms with van der Waals surface area (Å²) < 4.78 is 4.99. The van der Waals surface area contributed by atoms with Crippen molar-refractivity contribution in [2.24, 2.45) is 0 Å². The van der Waals surface area contributed by atoms with E-state index in [-0.39, 0.29) is 29.7 Å². The summed E-state index contributed by atoms with van der Waals surface area (Å²) >= 11 is 0. The number of methoxy groups -OCH3 is 1. The summed E-state index contributed by atoms with van der Waals surface area (Å²) in [7, 11) is 1.49. The lowest BCUT2D eigenvalue weighted by Gasteiger charge is -2.10. The molecular formula is C19H22N2O4. The number of carbonyl (C=O) groups excluding carboxylic acids is 2. The molecule has 0 bridgehead atoms. The Kier molecular flexibility index (Phi) is 6.39. The lowest BCUT2D eigenvalue weighted by Crippen LogP contribution is -2.23. The van der Waals surface area contributed by atoms with Crippen molar-refractivity contribution in [3.8, 4) is 11.5 Å². The molecule has 25 heavy (non-hydrogen) atoms. The minimum absolute atomic E-state index is 0.0353. The molecule has 6 heteroatoms. The number of ether oxygens (including phenoxy) is 1. The fraction of sp³-hybridized carbons (Fsp3) is 0.263. The van der Waals surface area contributed by atoms with Crippen LogP contribution in [0.15, 0.2) is 42.5 Å². The van der Waals surface area contributed by atoms with E-state index in [1.165, 1.54) is 19.2 Å². The molecule has 0 heterocycles. The molecule has 0 unspecified atom stereocenters. The maximum atomic E-state index is 12.2. The summed E-state index contributed by atoms with van der Waals surface area (Å²) in [5, 5.41) is 15.5. The average Bonchev–Trinajstić information content (AvgIpc) is 2.60. The van der Waals surface area contributed by atoms with Crippen molar-refractivity contribution in [2.75, 3.05) is 12.4 Å². The second-order valence-corrected chi connectivity index (χ2v) is 5.56. The van der Waals surface area contributed by atoms with Crippen LogP contribution in [0.3, 0.4) is 0 Å². The van der Waals surface area contributed by atoms with Gasteiger partial charge in [0.1, 0.15) is 11.5 Å². The number of aromatic hydroxyl groups is 1. The van der Waals surface area contributed by atoms with Gasteiger partial charge in [0.05, 0.1) is 12.7 Å². The Morgan fingerprint density at radius 1 is 1.16 bits per heavy atom. The number of amides is 2. The van der Waals surface area contributed by atoms with Crippen LogP contribution >= 0.6 is 0 Å². The van der Waals surface area contributed by atoms with Gasteiger partial charge in [-0.25, -0.2) is 0 Å². The van der Waals surface area contributed by atoms with Crippen molar-refractivity contribution in [3.63, 3.8) is 0 Å². The first kappa shape index (κ1) is 18.3. The largest absolute Gasteiger partial charge is 0.507 e. The monoisotopic (exact) mass is 342 g/mol. The fourth-order valence-electron chi connectivity index (χ4n) is 2.32. The highest BCUT2D eigenvalue weighted by Crippen LogP contribution is 2.23. The molecule has 0 atom stereocenters. The Hall–Kier alpha value is -3.02. The highest BCUT2D eigenvalue weighted by atomic mass is 16.5. The van der Waals surface area contributed by atoms with Gasteiger partial charge in [0.25, 0.3) is 5.91 Å². The molecule has 0 aliphatic carbocycles. The highest BCUT2D eigenvalue weighted by Gasteiger charge is 2.12.